The molecule has 3 aromatic rings. The molecule has 1 fully saturated rings. The lowest BCUT2D eigenvalue weighted by atomic mass is 10.0. The first kappa shape index (κ1) is 22.9. The summed E-state index contributed by atoms with van der Waals surface area (Å²) in [6.45, 7) is 5.10. The van der Waals surface area contributed by atoms with Gasteiger partial charge in [0.2, 0.25) is 0 Å². The third kappa shape index (κ3) is 5.55. The van der Waals surface area contributed by atoms with Gasteiger partial charge in [-0.05, 0) is 6.92 Å². The van der Waals surface area contributed by atoms with E-state index in [2.05, 4.69) is 20.2 Å². The zero-order valence-electron chi connectivity index (χ0n) is 18.4. The molecule has 1 aromatic heterocycles. The molecule has 0 unspecified atom stereocenters. The highest BCUT2D eigenvalue weighted by Gasteiger charge is 2.22. The highest BCUT2D eigenvalue weighted by molar-refractivity contribution is 7.99. The lowest BCUT2D eigenvalue weighted by molar-refractivity contribution is -0.384. The molecule has 170 valence electrons. The van der Waals surface area contributed by atoms with Crippen LogP contribution in [0.1, 0.15) is 16.1 Å². The Kier molecular flexibility index (Phi) is 7.31. The van der Waals surface area contributed by atoms with Crippen molar-refractivity contribution >= 4 is 23.4 Å². The average molecular weight is 464 g/mol. The summed E-state index contributed by atoms with van der Waals surface area (Å²) in [6.07, 6.45) is 0. The number of rotatable bonds is 7. The molecule has 1 saturated heterocycles. The molecular formula is C24H25N5O3S. The number of nitro groups is 1. The summed E-state index contributed by atoms with van der Waals surface area (Å²) in [6, 6.07) is 15.7. The van der Waals surface area contributed by atoms with Crippen molar-refractivity contribution < 1.29 is 9.72 Å². The van der Waals surface area contributed by atoms with E-state index < -0.39 is 4.92 Å². The molecule has 2 aromatic carbocycles. The van der Waals surface area contributed by atoms with Crippen LogP contribution in [-0.4, -0.2) is 63.4 Å². The van der Waals surface area contributed by atoms with Crippen molar-refractivity contribution in [3.8, 4) is 22.6 Å². The molecule has 0 atom stereocenters. The number of hydrogen-bond donors (Lipinski definition) is 1. The van der Waals surface area contributed by atoms with Crippen LogP contribution >= 0.6 is 11.8 Å². The van der Waals surface area contributed by atoms with Gasteiger partial charge in [0.05, 0.1) is 21.9 Å². The number of nitrogens with one attached hydrogen (secondary N) is 1. The number of hydrogen-bond acceptors (Lipinski definition) is 7. The highest BCUT2D eigenvalue weighted by atomic mass is 32.2. The van der Waals surface area contributed by atoms with Crippen LogP contribution < -0.4 is 5.32 Å². The van der Waals surface area contributed by atoms with Gasteiger partial charge in [0.25, 0.3) is 11.6 Å². The molecule has 8 nitrogen and oxygen atoms in total. The Labute approximate surface area is 196 Å². The van der Waals surface area contributed by atoms with Crippen molar-refractivity contribution in [3.63, 3.8) is 0 Å². The van der Waals surface area contributed by atoms with Gasteiger partial charge < -0.3 is 5.32 Å². The summed E-state index contributed by atoms with van der Waals surface area (Å²) < 4.78 is 0. The van der Waals surface area contributed by atoms with Gasteiger partial charge in [0.15, 0.2) is 5.82 Å². The van der Waals surface area contributed by atoms with E-state index in [1.165, 1.54) is 12.1 Å². The van der Waals surface area contributed by atoms with Gasteiger partial charge in [-0.15, -0.1) is 0 Å². The predicted molar refractivity (Wildman–Crippen MR) is 130 cm³/mol. The molecule has 0 spiro atoms. The third-order valence-electron chi connectivity index (χ3n) is 5.50. The molecule has 4 rings (SSSR count). The van der Waals surface area contributed by atoms with Gasteiger partial charge in [-0.2, -0.15) is 11.8 Å². The number of nitrogens with zero attached hydrogens (tertiary/aromatic N) is 4. The van der Waals surface area contributed by atoms with Crippen molar-refractivity contribution in [1.29, 1.82) is 0 Å². The molecule has 0 saturated carbocycles. The molecule has 1 aliphatic heterocycles. The van der Waals surface area contributed by atoms with Crippen molar-refractivity contribution in [2.75, 3.05) is 37.7 Å². The Bertz CT molecular complexity index is 1150. The smallest absolute Gasteiger partial charge is 0.270 e. The number of nitro benzene ring substituents is 1. The zero-order valence-corrected chi connectivity index (χ0v) is 19.2. The Morgan fingerprint density at radius 1 is 1.09 bits per heavy atom. The van der Waals surface area contributed by atoms with E-state index in [1.807, 2.05) is 42.1 Å². The summed E-state index contributed by atoms with van der Waals surface area (Å²) in [5, 5.41) is 14.3. The fourth-order valence-electron chi connectivity index (χ4n) is 3.78. The van der Waals surface area contributed by atoms with Crippen LogP contribution in [0.5, 0.6) is 0 Å². The van der Waals surface area contributed by atoms with Crippen molar-refractivity contribution in [3.05, 3.63) is 76.0 Å². The fraction of sp³-hybridized carbons (Fsp3) is 0.292. The minimum atomic E-state index is -0.452. The first-order valence-corrected chi connectivity index (χ1v) is 12.0. The number of non-ortho nitro benzene ring substituents is 1. The normalized spacial score (nSPS) is 14.1. The maximum Gasteiger partial charge on any atom is 0.270 e. The molecule has 33 heavy (non-hydrogen) atoms. The largest absolute Gasteiger partial charge is 0.351 e. The van der Waals surface area contributed by atoms with E-state index >= 15 is 0 Å². The topological polar surface area (TPSA) is 101 Å². The minimum Gasteiger partial charge on any atom is -0.351 e. The molecule has 0 bridgehead atoms. The number of carbonyl (C=O) groups excluding carboxylic acids is 1. The number of thioether (sulfide) groups is 1. The van der Waals surface area contributed by atoms with Crippen LogP contribution in [0.25, 0.3) is 22.6 Å². The van der Waals surface area contributed by atoms with Crippen LogP contribution in [-0.2, 0) is 0 Å². The highest BCUT2D eigenvalue weighted by Crippen LogP contribution is 2.29. The molecule has 0 radical (unpaired) electrons. The second-order valence-electron chi connectivity index (χ2n) is 7.74. The first-order chi connectivity index (χ1) is 16.0. The number of carbonyl (C=O) groups is 1. The number of benzene rings is 2. The Balaban J connectivity index is 1.68. The number of aromatic nitrogens is 2. The Hall–Kier alpha value is -3.30. The molecule has 9 heteroatoms. The van der Waals surface area contributed by atoms with Gasteiger partial charge in [0, 0.05) is 60.9 Å². The summed E-state index contributed by atoms with van der Waals surface area (Å²) in [5.74, 6) is 2.41. The van der Waals surface area contributed by atoms with Gasteiger partial charge in [-0.25, -0.2) is 9.97 Å². The summed E-state index contributed by atoms with van der Waals surface area (Å²) in [4.78, 5) is 35.7. The third-order valence-corrected chi connectivity index (χ3v) is 6.44. The SMILES string of the molecule is Cc1nc(-c2ccccc2)nc(-c2cccc([N+](=O)[O-])c2)c1C(=O)NCCN1CCSCC1. The quantitative estimate of drug-likeness (QED) is 0.420. The van der Waals surface area contributed by atoms with E-state index in [-0.39, 0.29) is 11.6 Å². The van der Waals surface area contributed by atoms with E-state index in [4.69, 9.17) is 0 Å². The summed E-state index contributed by atoms with van der Waals surface area (Å²) in [7, 11) is 0. The molecule has 2 heterocycles. The molecule has 1 amide bonds. The van der Waals surface area contributed by atoms with Gasteiger partial charge in [0.1, 0.15) is 0 Å². The fourth-order valence-corrected chi connectivity index (χ4v) is 4.76. The maximum atomic E-state index is 13.2. The number of aryl methyl sites for hydroxylation is 1. The van der Waals surface area contributed by atoms with Crippen LogP contribution in [0.2, 0.25) is 0 Å². The molecule has 0 aliphatic carbocycles. The zero-order chi connectivity index (χ0) is 23.2. The second kappa shape index (κ2) is 10.5. The van der Waals surface area contributed by atoms with Crippen LogP contribution in [0.15, 0.2) is 54.6 Å². The van der Waals surface area contributed by atoms with Gasteiger partial charge in [-0.1, -0.05) is 42.5 Å². The van der Waals surface area contributed by atoms with Gasteiger partial charge in [-0.3, -0.25) is 19.8 Å². The Morgan fingerprint density at radius 2 is 1.82 bits per heavy atom. The van der Waals surface area contributed by atoms with Crippen LogP contribution in [0, 0.1) is 17.0 Å². The molecular weight excluding hydrogens is 438 g/mol. The van der Waals surface area contributed by atoms with Crippen molar-refractivity contribution in [2.24, 2.45) is 0 Å². The maximum absolute atomic E-state index is 13.2. The van der Waals surface area contributed by atoms with Crippen LogP contribution in [0.4, 0.5) is 5.69 Å². The molecule has 1 N–H and O–H groups in total. The lowest BCUT2D eigenvalue weighted by Crippen LogP contribution is -2.39. The summed E-state index contributed by atoms with van der Waals surface area (Å²) in [5.41, 5.74) is 2.50. The van der Waals surface area contributed by atoms with E-state index in [9.17, 15) is 14.9 Å². The second-order valence-corrected chi connectivity index (χ2v) is 8.96. The first-order valence-electron chi connectivity index (χ1n) is 10.8. The van der Waals surface area contributed by atoms with E-state index in [1.54, 1.807) is 19.1 Å². The number of amides is 1. The van der Waals surface area contributed by atoms with Crippen molar-refractivity contribution in [2.45, 2.75) is 6.92 Å². The average Bonchev–Trinajstić information content (AvgIpc) is 2.84. The van der Waals surface area contributed by atoms with E-state index in [0.717, 1.165) is 36.7 Å². The van der Waals surface area contributed by atoms with Crippen LogP contribution in [0.3, 0.4) is 0 Å². The minimum absolute atomic E-state index is 0.0562. The molecule has 1 aliphatic rings. The van der Waals surface area contributed by atoms with E-state index in [0.29, 0.717) is 34.9 Å². The predicted octanol–water partition coefficient (Wildman–Crippen LogP) is 3.81. The van der Waals surface area contributed by atoms with Gasteiger partial charge >= 0.3 is 0 Å². The standard InChI is InChI=1S/C24H25N5O3S/c1-17-21(24(30)25-10-11-28-12-14-33-15-13-28)22(19-8-5-9-20(16-19)29(31)32)27-23(26-17)18-6-3-2-4-7-18/h2-9,16H,10-15H2,1H3,(H,25,30). The van der Waals surface area contributed by atoms with Crippen molar-refractivity contribution in [1.82, 2.24) is 20.2 Å². The summed E-state index contributed by atoms with van der Waals surface area (Å²) >= 11 is 1.95. The Morgan fingerprint density at radius 3 is 2.55 bits per heavy atom. The monoisotopic (exact) mass is 463 g/mol. The lowest BCUT2D eigenvalue weighted by Gasteiger charge is -2.26.